The third-order valence-corrected chi connectivity index (χ3v) is 5.32. The van der Waals surface area contributed by atoms with Crippen molar-refractivity contribution < 1.29 is 19.2 Å². The third-order valence-electron chi connectivity index (χ3n) is 5.32. The van der Waals surface area contributed by atoms with E-state index < -0.39 is 0 Å². The minimum absolute atomic E-state index is 0.387. The molecule has 1 aliphatic rings. The van der Waals surface area contributed by atoms with Gasteiger partial charge in [0.1, 0.15) is 5.75 Å². The second-order valence-corrected chi connectivity index (χ2v) is 7.82. The van der Waals surface area contributed by atoms with Gasteiger partial charge in [-0.05, 0) is 37.8 Å². The summed E-state index contributed by atoms with van der Waals surface area (Å²) >= 11 is 0. The number of carbonyl (C=O) groups excluding carboxylic acids is 1. The van der Waals surface area contributed by atoms with Crippen LogP contribution in [0.1, 0.15) is 71.1 Å². The molecular formula is C23H39N2O3+. The summed E-state index contributed by atoms with van der Waals surface area (Å²) in [6.45, 7) is 7.05. The van der Waals surface area contributed by atoms with Crippen molar-refractivity contribution in [3.05, 3.63) is 24.3 Å². The SMILES string of the molecule is CCCCCCCCOc1cccc(NC(=O)OCCC[NH+]2CCCCC2)c1. The minimum Gasteiger partial charge on any atom is -0.494 e. The highest BCUT2D eigenvalue weighted by Crippen LogP contribution is 2.18. The largest absolute Gasteiger partial charge is 0.494 e. The Morgan fingerprint density at radius 2 is 1.79 bits per heavy atom. The summed E-state index contributed by atoms with van der Waals surface area (Å²) in [5.74, 6) is 0.792. The number of anilines is 1. The summed E-state index contributed by atoms with van der Waals surface area (Å²) in [6.07, 6.45) is 12.0. The van der Waals surface area contributed by atoms with Crippen molar-refractivity contribution >= 4 is 11.8 Å². The maximum atomic E-state index is 12.0. The summed E-state index contributed by atoms with van der Waals surface area (Å²) < 4.78 is 11.1. The Hall–Kier alpha value is -1.75. The van der Waals surface area contributed by atoms with E-state index in [-0.39, 0.29) is 6.09 Å². The average molecular weight is 392 g/mol. The van der Waals surface area contributed by atoms with Crippen LogP contribution in [0.2, 0.25) is 0 Å². The lowest BCUT2D eigenvalue weighted by Crippen LogP contribution is -3.12. The molecule has 1 aromatic carbocycles. The number of amides is 1. The molecule has 0 radical (unpaired) electrons. The molecule has 0 atom stereocenters. The molecule has 0 unspecified atom stereocenters. The highest BCUT2D eigenvalue weighted by molar-refractivity contribution is 5.84. The van der Waals surface area contributed by atoms with Crippen molar-refractivity contribution in [3.63, 3.8) is 0 Å². The van der Waals surface area contributed by atoms with Gasteiger partial charge in [-0.2, -0.15) is 0 Å². The molecule has 0 spiro atoms. The molecule has 2 N–H and O–H groups in total. The van der Waals surface area contributed by atoms with Crippen molar-refractivity contribution in [2.75, 3.05) is 38.2 Å². The molecular weight excluding hydrogens is 352 g/mol. The van der Waals surface area contributed by atoms with Crippen molar-refractivity contribution in [2.45, 2.75) is 71.1 Å². The Labute approximate surface area is 170 Å². The Morgan fingerprint density at radius 1 is 1.00 bits per heavy atom. The van der Waals surface area contributed by atoms with Gasteiger partial charge in [-0.25, -0.2) is 4.79 Å². The first-order chi connectivity index (χ1) is 13.8. The summed E-state index contributed by atoms with van der Waals surface area (Å²) in [5.41, 5.74) is 0.715. The van der Waals surface area contributed by atoms with E-state index in [0.29, 0.717) is 12.3 Å². The number of rotatable bonds is 13. The van der Waals surface area contributed by atoms with Gasteiger partial charge in [-0.3, -0.25) is 5.32 Å². The zero-order valence-electron chi connectivity index (χ0n) is 17.6. The molecule has 28 heavy (non-hydrogen) atoms. The van der Waals surface area contributed by atoms with E-state index in [9.17, 15) is 4.79 Å². The number of carbonyl (C=O) groups is 1. The first-order valence-electron chi connectivity index (χ1n) is 11.3. The monoisotopic (exact) mass is 391 g/mol. The number of quaternary nitrogens is 1. The molecule has 1 aromatic rings. The zero-order chi connectivity index (χ0) is 19.9. The molecule has 1 heterocycles. The lowest BCUT2D eigenvalue weighted by Gasteiger charge is -2.23. The van der Waals surface area contributed by atoms with Crippen molar-refractivity contribution in [1.82, 2.24) is 0 Å². The molecule has 158 valence electrons. The summed E-state index contributed by atoms with van der Waals surface area (Å²) in [5, 5.41) is 2.80. The summed E-state index contributed by atoms with van der Waals surface area (Å²) in [6, 6.07) is 7.54. The number of likely N-dealkylation sites (tertiary alicyclic amines) is 1. The van der Waals surface area contributed by atoms with Gasteiger partial charge in [0.25, 0.3) is 0 Å². The van der Waals surface area contributed by atoms with Gasteiger partial charge in [0.15, 0.2) is 0 Å². The molecule has 0 aliphatic carbocycles. The molecule has 0 aromatic heterocycles. The fourth-order valence-corrected chi connectivity index (χ4v) is 3.68. The standard InChI is InChI=1S/C23H38N2O3/c1-2-3-4-5-6-10-18-27-22-14-11-13-21(20-22)24-23(26)28-19-12-17-25-15-8-7-9-16-25/h11,13-14,20H,2-10,12,15-19H2,1H3,(H,24,26)/p+1. The van der Waals surface area contributed by atoms with Crippen molar-refractivity contribution in [2.24, 2.45) is 0 Å². The molecule has 2 rings (SSSR count). The maximum Gasteiger partial charge on any atom is 0.411 e. The molecule has 5 nitrogen and oxygen atoms in total. The van der Waals surface area contributed by atoms with E-state index in [1.165, 1.54) is 64.5 Å². The lowest BCUT2D eigenvalue weighted by molar-refractivity contribution is -0.905. The Bertz CT molecular complexity index is 544. The highest BCUT2D eigenvalue weighted by atomic mass is 16.5. The number of benzene rings is 1. The molecule has 1 amide bonds. The van der Waals surface area contributed by atoms with Gasteiger partial charge >= 0.3 is 6.09 Å². The number of unbranched alkanes of at least 4 members (excludes halogenated alkanes) is 5. The quantitative estimate of drug-likeness (QED) is 0.489. The zero-order valence-corrected chi connectivity index (χ0v) is 17.6. The molecule has 1 saturated heterocycles. The minimum atomic E-state index is -0.387. The van der Waals surface area contributed by atoms with Crippen molar-refractivity contribution in [3.8, 4) is 5.75 Å². The van der Waals surface area contributed by atoms with E-state index in [1.807, 2.05) is 24.3 Å². The Kier molecular flexibility index (Phi) is 11.5. The van der Waals surface area contributed by atoms with Crippen molar-refractivity contribution in [1.29, 1.82) is 0 Å². The van der Waals surface area contributed by atoms with Gasteiger partial charge in [0.05, 0.1) is 32.8 Å². The van der Waals surface area contributed by atoms with Gasteiger partial charge in [-0.15, -0.1) is 0 Å². The molecule has 1 fully saturated rings. The second-order valence-electron chi connectivity index (χ2n) is 7.82. The average Bonchev–Trinajstić information content (AvgIpc) is 2.72. The first kappa shape index (κ1) is 22.5. The number of piperidine rings is 1. The number of ether oxygens (including phenoxy) is 2. The van der Waals surface area contributed by atoms with Crippen LogP contribution in [0.3, 0.4) is 0 Å². The number of hydrogen-bond donors (Lipinski definition) is 2. The van der Waals surface area contributed by atoms with Crippen LogP contribution in [0.4, 0.5) is 10.5 Å². The van der Waals surface area contributed by atoms with Crippen LogP contribution in [0.15, 0.2) is 24.3 Å². The van der Waals surface area contributed by atoms with E-state index in [1.54, 1.807) is 4.90 Å². The van der Waals surface area contributed by atoms with Crippen LogP contribution in [0.25, 0.3) is 0 Å². The maximum absolute atomic E-state index is 12.0. The fraction of sp³-hybridized carbons (Fsp3) is 0.696. The molecule has 0 saturated carbocycles. The van der Waals surface area contributed by atoms with Crippen LogP contribution < -0.4 is 15.0 Å². The summed E-state index contributed by atoms with van der Waals surface area (Å²) in [4.78, 5) is 13.6. The van der Waals surface area contributed by atoms with Crippen LogP contribution in [0, 0.1) is 0 Å². The smallest absolute Gasteiger partial charge is 0.411 e. The first-order valence-corrected chi connectivity index (χ1v) is 11.3. The molecule has 0 bridgehead atoms. The van der Waals surface area contributed by atoms with Gasteiger partial charge < -0.3 is 14.4 Å². The Morgan fingerprint density at radius 3 is 2.61 bits per heavy atom. The topological polar surface area (TPSA) is 52.0 Å². The predicted molar refractivity (Wildman–Crippen MR) is 114 cm³/mol. The lowest BCUT2D eigenvalue weighted by atomic mass is 10.1. The van der Waals surface area contributed by atoms with Gasteiger partial charge in [-0.1, -0.05) is 45.1 Å². The van der Waals surface area contributed by atoms with E-state index in [2.05, 4.69) is 12.2 Å². The van der Waals surface area contributed by atoms with E-state index in [4.69, 9.17) is 9.47 Å². The van der Waals surface area contributed by atoms with Gasteiger partial charge in [0.2, 0.25) is 0 Å². The second kappa shape index (κ2) is 14.3. The van der Waals surface area contributed by atoms with Crippen LogP contribution in [-0.4, -0.2) is 38.9 Å². The number of hydrogen-bond acceptors (Lipinski definition) is 3. The molecule has 1 aliphatic heterocycles. The third kappa shape index (κ3) is 9.98. The van der Waals surface area contributed by atoms with Crippen LogP contribution in [-0.2, 0) is 4.74 Å². The number of nitrogens with one attached hydrogen (secondary N) is 2. The van der Waals surface area contributed by atoms with Crippen LogP contribution in [0.5, 0.6) is 5.75 Å². The highest BCUT2D eigenvalue weighted by Gasteiger charge is 2.13. The predicted octanol–water partition coefficient (Wildman–Crippen LogP) is 4.43. The summed E-state index contributed by atoms with van der Waals surface area (Å²) in [7, 11) is 0. The normalized spacial score (nSPS) is 14.6. The fourth-order valence-electron chi connectivity index (χ4n) is 3.68. The Balaban J connectivity index is 1.57. The van der Waals surface area contributed by atoms with Gasteiger partial charge in [0, 0.05) is 18.2 Å². The molecule has 5 heteroatoms. The van der Waals surface area contributed by atoms with E-state index in [0.717, 1.165) is 31.7 Å². The van der Waals surface area contributed by atoms with E-state index >= 15 is 0 Å². The van der Waals surface area contributed by atoms with Crippen LogP contribution >= 0.6 is 0 Å².